The first-order valence-electron chi connectivity index (χ1n) is 15.9. The molecule has 0 radical (unpaired) electrons. The molecule has 4 aromatic carbocycles. The zero-order valence-corrected chi connectivity index (χ0v) is 29.5. The van der Waals surface area contributed by atoms with Crippen LogP contribution in [-0.4, -0.2) is 29.8 Å². The van der Waals surface area contributed by atoms with Gasteiger partial charge in [-0.1, -0.05) is 187 Å². The summed E-state index contributed by atoms with van der Waals surface area (Å²) in [6.07, 6.45) is 10.5. The normalized spacial score (nSPS) is 13.1. The molecule has 0 amide bonds. The minimum Gasteiger partial charge on any atom is -0.407 e. The predicted octanol–water partition coefficient (Wildman–Crippen LogP) is 8.03. The minimum absolute atomic E-state index is 0.00951. The molecule has 2 nitrogen and oxygen atoms in total. The second-order valence-electron chi connectivity index (χ2n) is 13.5. The van der Waals surface area contributed by atoms with Crippen molar-refractivity contribution in [3.8, 4) is 0 Å². The molecular formula is C40H50O2Si2. The highest BCUT2D eigenvalue weighted by Gasteiger charge is 2.51. The van der Waals surface area contributed by atoms with Crippen molar-refractivity contribution in [2.45, 2.75) is 64.5 Å². The van der Waals surface area contributed by atoms with Crippen molar-refractivity contribution < 1.29 is 8.85 Å². The number of rotatable bonds is 13. The van der Waals surface area contributed by atoms with Gasteiger partial charge in [0, 0.05) is 13.2 Å². The Bertz CT molecular complexity index is 1260. The molecule has 0 aliphatic rings. The molecule has 0 aromatic heterocycles. The van der Waals surface area contributed by atoms with Gasteiger partial charge >= 0.3 is 0 Å². The molecule has 0 fully saturated rings. The topological polar surface area (TPSA) is 18.5 Å². The Balaban J connectivity index is 1.39. The summed E-state index contributed by atoms with van der Waals surface area (Å²) in [6.45, 7) is 15.3. The SMILES string of the molecule is CC(C)(C)[Si](OCC/C=C/C=C/CCO[Si](c1ccccc1)(c1ccccc1)C(C)(C)C)(c1ccccc1)c1ccccc1. The van der Waals surface area contributed by atoms with Gasteiger partial charge in [0.15, 0.2) is 0 Å². The first-order chi connectivity index (χ1) is 21.1. The van der Waals surface area contributed by atoms with Gasteiger partial charge in [-0.3, -0.25) is 0 Å². The Hall–Kier alpha value is -3.29. The Morgan fingerprint density at radius 1 is 0.432 bits per heavy atom. The largest absolute Gasteiger partial charge is 0.407 e. The Morgan fingerprint density at radius 3 is 0.909 bits per heavy atom. The van der Waals surface area contributed by atoms with E-state index in [-0.39, 0.29) is 10.1 Å². The maximum atomic E-state index is 7.01. The summed E-state index contributed by atoms with van der Waals surface area (Å²) in [4.78, 5) is 0. The van der Waals surface area contributed by atoms with Gasteiger partial charge in [0.25, 0.3) is 16.6 Å². The van der Waals surface area contributed by atoms with Crippen LogP contribution in [0.25, 0.3) is 0 Å². The van der Waals surface area contributed by atoms with Gasteiger partial charge in [-0.05, 0) is 43.7 Å². The Morgan fingerprint density at radius 2 is 0.682 bits per heavy atom. The molecular weight excluding hydrogens is 569 g/mol. The molecule has 0 saturated heterocycles. The van der Waals surface area contributed by atoms with Crippen LogP contribution in [0, 0.1) is 0 Å². The number of hydrogen-bond acceptors (Lipinski definition) is 2. The van der Waals surface area contributed by atoms with Gasteiger partial charge in [-0.15, -0.1) is 0 Å². The summed E-state index contributed by atoms with van der Waals surface area (Å²) in [5.74, 6) is 0. The van der Waals surface area contributed by atoms with E-state index in [2.05, 4.69) is 187 Å². The third kappa shape index (κ3) is 7.49. The first-order valence-corrected chi connectivity index (χ1v) is 19.8. The van der Waals surface area contributed by atoms with Gasteiger partial charge in [-0.2, -0.15) is 0 Å². The fraction of sp³-hybridized carbons (Fsp3) is 0.300. The zero-order chi connectivity index (χ0) is 31.5. The number of allylic oxidation sites excluding steroid dienone is 2. The van der Waals surface area contributed by atoms with Crippen LogP contribution in [0.15, 0.2) is 146 Å². The number of benzene rings is 4. The van der Waals surface area contributed by atoms with Gasteiger partial charge in [0.1, 0.15) is 0 Å². The van der Waals surface area contributed by atoms with Crippen LogP contribution < -0.4 is 20.7 Å². The van der Waals surface area contributed by atoms with Crippen molar-refractivity contribution in [2.24, 2.45) is 0 Å². The van der Waals surface area contributed by atoms with Crippen molar-refractivity contribution in [1.82, 2.24) is 0 Å². The summed E-state index contributed by atoms with van der Waals surface area (Å²) in [7, 11) is -4.98. The second kappa shape index (κ2) is 15.1. The molecule has 0 aliphatic carbocycles. The molecule has 0 aliphatic heterocycles. The van der Waals surface area contributed by atoms with Crippen LogP contribution in [-0.2, 0) is 8.85 Å². The molecule has 0 bridgehead atoms. The molecule has 0 heterocycles. The third-order valence-electron chi connectivity index (χ3n) is 8.42. The smallest absolute Gasteiger partial charge is 0.261 e. The van der Waals surface area contributed by atoms with Crippen LogP contribution >= 0.6 is 0 Å². The lowest BCUT2D eigenvalue weighted by Crippen LogP contribution is -2.66. The first kappa shape index (κ1) is 33.6. The highest BCUT2D eigenvalue weighted by molar-refractivity contribution is 7.00. The van der Waals surface area contributed by atoms with Gasteiger partial charge in [0.05, 0.1) is 0 Å². The van der Waals surface area contributed by atoms with Crippen LogP contribution in [0.4, 0.5) is 0 Å². The van der Waals surface area contributed by atoms with Crippen molar-refractivity contribution in [3.05, 3.63) is 146 Å². The van der Waals surface area contributed by atoms with Crippen molar-refractivity contribution in [3.63, 3.8) is 0 Å². The standard InChI is InChI=1S/C40H50O2Si2/c1-39(2,3)43(35-25-15-11-16-26-35,36-27-17-12-18-28-36)41-33-23-9-7-8-10-24-34-42-44(40(4,5)6,37-29-19-13-20-30-37)38-31-21-14-22-32-38/h7-22,25-32H,23-24,33-34H2,1-6H3/b9-7+,10-8+. The molecule has 0 unspecified atom stereocenters. The average Bonchev–Trinajstić information content (AvgIpc) is 3.02. The molecule has 0 N–H and O–H groups in total. The molecule has 0 atom stereocenters. The minimum atomic E-state index is -2.49. The van der Waals surface area contributed by atoms with Crippen molar-refractivity contribution >= 4 is 37.4 Å². The van der Waals surface area contributed by atoms with Crippen molar-refractivity contribution in [1.29, 1.82) is 0 Å². The predicted molar refractivity (Wildman–Crippen MR) is 195 cm³/mol. The van der Waals surface area contributed by atoms with Crippen LogP contribution in [0.5, 0.6) is 0 Å². The molecule has 230 valence electrons. The van der Waals surface area contributed by atoms with E-state index in [0.29, 0.717) is 13.2 Å². The Kier molecular flexibility index (Phi) is 11.6. The zero-order valence-electron chi connectivity index (χ0n) is 27.5. The molecule has 4 heteroatoms. The highest BCUT2D eigenvalue weighted by Crippen LogP contribution is 2.38. The maximum absolute atomic E-state index is 7.01. The Labute approximate surface area is 268 Å². The summed E-state index contributed by atoms with van der Waals surface area (Å²) < 4.78 is 14.0. The fourth-order valence-corrected chi connectivity index (χ4v) is 15.6. The fourth-order valence-electron chi connectivity index (χ4n) is 6.43. The summed E-state index contributed by atoms with van der Waals surface area (Å²) >= 11 is 0. The van der Waals surface area contributed by atoms with Crippen molar-refractivity contribution in [2.75, 3.05) is 13.2 Å². The van der Waals surface area contributed by atoms with E-state index in [1.807, 2.05) is 0 Å². The van der Waals surface area contributed by atoms with Crippen LogP contribution in [0.2, 0.25) is 10.1 Å². The van der Waals surface area contributed by atoms with Gasteiger partial charge < -0.3 is 8.85 Å². The lowest BCUT2D eigenvalue weighted by molar-refractivity contribution is 0.304. The quantitative estimate of drug-likeness (QED) is 0.0858. The van der Waals surface area contributed by atoms with E-state index in [4.69, 9.17) is 8.85 Å². The lowest BCUT2D eigenvalue weighted by atomic mass is 10.2. The van der Waals surface area contributed by atoms with Crippen LogP contribution in [0.1, 0.15) is 54.4 Å². The average molecular weight is 619 g/mol. The van der Waals surface area contributed by atoms with E-state index in [1.165, 1.54) is 20.7 Å². The monoisotopic (exact) mass is 618 g/mol. The second-order valence-corrected chi connectivity index (χ2v) is 22.1. The summed E-state index contributed by atoms with van der Waals surface area (Å²) in [5.41, 5.74) is 0. The number of hydrogen-bond donors (Lipinski definition) is 0. The molecule has 4 aromatic rings. The third-order valence-corrected chi connectivity index (χ3v) is 18.5. The van der Waals surface area contributed by atoms with E-state index >= 15 is 0 Å². The molecule has 44 heavy (non-hydrogen) atoms. The maximum Gasteiger partial charge on any atom is 0.261 e. The van der Waals surface area contributed by atoms with E-state index in [0.717, 1.165) is 12.8 Å². The van der Waals surface area contributed by atoms with E-state index < -0.39 is 16.6 Å². The summed E-state index contributed by atoms with van der Waals surface area (Å²) in [6, 6.07) is 43.4. The molecule has 0 spiro atoms. The van der Waals surface area contributed by atoms with E-state index in [9.17, 15) is 0 Å². The highest BCUT2D eigenvalue weighted by atomic mass is 28.4. The molecule has 0 saturated carbocycles. The van der Waals surface area contributed by atoms with E-state index in [1.54, 1.807) is 0 Å². The van der Waals surface area contributed by atoms with Gasteiger partial charge in [0.2, 0.25) is 0 Å². The lowest BCUT2D eigenvalue weighted by Gasteiger charge is -2.43. The molecule has 4 rings (SSSR count). The van der Waals surface area contributed by atoms with Gasteiger partial charge in [-0.25, -0.2) is 0 Å². The summed E-state index contributed by atoms with van der Waals surface area (Å²) in [5, 5.41) is 5.27. The van der Waals surface area contributed by atoms with Crippen LogP contribution in [0.3, 0.4) is 0 Å².